The zero-order valence-electron chi connectivity index (χ0n) is 9.87. The predicted octanol–water partition coefficient (Wildman–Crippen LogP) is 2.58. The van der Waals surface area contributed by atoms with Gasteiger partial charge in [-0.15, -0.1) is 0 Å². The quantitative estimate of drug-likeness (QED) is 0.899. The van der Waals surface area contributed by atoms with E-state index in [0.717, 1.165) is 0 Å². The molecule has 0 saturated carbocycles. The number of hydrogen-bond acceptors (Lipinski definition) is 3. The number of carbonyl (C=O) groups is 1. The van der Waals surface area contributed by atoms with Crippen molar-refractivity contribution in [2.24, 2.45) is 0 Å². The van der Waals surface area contributed by atoms with Gasteiger partial charge in [0.05, 0.1) is 22.3 Å². The van der Waals surface area contributed by atoms with Crippen LogP contribution in [0.1, 0.15) is 19.4 Å². The van der Waals surface area contributed by atoms with Gasteiger partial charge < -0.3 is 10.1 Å². The first-order chi connectivity index (χ1) is 7.90. The zero-order chi connectivity index (χ0) is 13.1. The van der Waals surface area contributed by atoms with Gasteiger partial charge in [0.15, 0.2) is 0 Å². The standard InChI is InChI=1S/C12H13ClN2O2/c1-12(2,17-3)11(16)15-10-5-4-8(7-14)6-9(10)13/h4-6H,1-3H3,(H,15,16). The lowest BCUT2D eigenvalue weighted by Crippen LogP contribution is -2.38. The van der Waals surface area contributed by atoms with Crippen LogP contribution in [0.5, 0.6) is 0 Å². The molecular formula is C12H13ClN2O2. The minimum Gasteiger partial charge on any atom is -0.369 e. The highest BCUT2D eigenvalue weighted by atomic mass is 35.5. The Labute approximate surface area is 105 Å². The molecule has 0 heterocycles. The summed E-state index contributed by atoms with van der Waals surface area (Å²) < 4.78 is 5.05. The molecule has 4 nitrogen and oxygen atoms in total. The van der Waals surface area contributed by atoms with Gasteiger partial charge in [-0.2, -0.15) is 5.26 Å². The summed E-state index contributed by atoms with van der Waals surface area (Å²) in [5.41, 5.74) is -0.0307. The van der Waals surface area contributed by atoms with Crippen LogP contribution in [0.4, 0.5) is 5.69 Å². The highest BCUT2D eigenvalue weighted by molar-refractivity contribution is 6.33. The third-order valence-electron chi connectivity index (χ3n) is 2.40. The second kappa shape index (κ2) is 5.17. The average Bonchev–Trinajstić information content (AvgIpc) is 2.31. The number of anilines is 1. The van der Waals surface area contributed by atoms with E-state index in [-0.39, 0.29) is 5.91 Å². The first-order valence-electron chi connectivity index (χ1n) is 4.97. The lowest BCUT2D eigenvalue weighted by atomic mass is 10.1. The predicted molar refractivity (Wildman–Crippen MR) is 65.9 cm³/mol. The Morgan fingerprint density at radius 3 is 2.65 bits per heavy atom. The largest absolute Gasteiger partial charge is 0.369 e. The van der Waals surface area contributed by atoms with Gasteiger partial charge in [0.25, 0.3) is 5.91 Å². The van der Waals surface area contributed by atoms with Crippen molar-refractivity contribution in [3.8, 4) is 6.07 Å². The molecule has 0 radical (unpaired) electrons. The third-order valence-corrected chi connectivity index (χ3v) is 2.72. The summed E-state index contributed by atoms with van der Waals surface area (Å²) >= 11 is 5.94. The summed E-state index contributed by atoms with van der Waals surface area (Å²) in [4.78, 5) is 11.8. The smallest absolute Gasteiger partial charge is 0.256 e. The maximum Gasteiger partial charge on any atom is 0.256 e. The van der Waals surface area contributed by atoms with Gasteiger partial charge in [-0.25, -0.2) is 0 Å². The number of benzene rings is 1. The molecule has 0 saturated heterocycles. The van der Waals surface area contributed by atoms with Crippen LogP contribution in [0.3, 0.4) is 0 Å². The van der Waals surface area contributed by atoms with Gasteiger partial charge in [-0.3, -0.25) is 4.79 Å². The topological polar surface area (TPSA) is 62.1 Å². The Hall–Kier alpha value is -1.57. The van der Waals surface area contributed by atoms with Gasteiger partial charge in [0.2, 0.25) is 0 Å². The van der Waals surface area contributed by atoms with Crippen molar-refractivity contribution >= 4 is 23.2 Å². The summed E-state index contributed by atoms with van der Waals surface area (Å²) in [6.07, 6.45) is 0. The fourth-order valence-electron chi connectivity index (χ4n) is 1.05. The van der Waals surface area contributed by atoms with E-state index in [1.165, 1.54) is 13.2 Å². The molecule has 0 unspecified atom stereocenters. The highest BCUT2D eigenvalue weighted by Crippen LogP contribution is 2.24. The van der Waals surface area contributed by atoms with Crippen LogP contribution in [0, 0.1) is 11.3 Å². The first-order valence-corrected chi connectivity index (χ1v) is 5.35. The van der Waals surface area contributed by atoms with Crippen LogP contribution >= 0.6 is 11.6 Å². The summed E-state index contributed by atoms with van der Waals surface area (Å²) in [5, 5.41) is 11.7. The normalized spacial score (nSPS) is 10.8. The molecule has 17 heavy (non-hydrogen) atoms. The van der Waals surface area contributed by atoms with Crippen LogP contribution < -0.4 is 5.32 Å². The number of amides is 1. The molecule has 0 aliphatic heterocycles. The average molecular weight is 253 g/mol. The molecule has 90 valence electrons. The number of nitrogens with one attached hydrogen (secondary N) is 1. The number of carbonyl (C=O) groups excluding carboxylic acids is 1. The van der Waals surface area contributed by atoms with Crippen molar-refractivity contribution in [2.75, 3.05) is 12.4 Å². The number of methoxy groups -OCH3 is 1. The van der Waals surface area contributed by atoms with E-state index in [1.54, 1.807) is 26.0 Å². The second-order valence-corrected chi connectivity index (χ2v) is 4.38. The van der Waals surface area contributed by atoms with Crippen LogP contribution in [-0.4, -0.2) is 18.6 Å². The molecule has 5 heteroatoms. The van der Waals surface area contributed by atoms with E-state index < -0.39 is 5.60 Å². The minimum absolute atomic E-state index is 0.299. The minimum atomic E-state index is -0.933. The van der Waals surface area contributed by atoms with Gasteiger partial charge in [-0.05, 0) is 32.0 Å². The summed E-state index contributed by atoms with van der Waals surface area (Å²) in [6.45, 7) is 3.31. The molecular weight excluding hydrogens is 240 g/mol. The van der Waals surface area contributed by atoms with E-state index in [0.29, 0.717) is 16.3 Å². The van der Waals surface area contributed by atoms with Gasteiger partial charge >= 0.3 is 0 Å². The third kappa shape index (κ3) is 3.19. The molecule has 0 bridgehead atoms. The Kier molecular flexibility index (Phi) is 4.11. The van der Waals surface area contributed by atoms with E-state index in [2.05, 4.69) is 5.32 Å². The fraction of sp³-hybridized carbons (Fsp3) is 0.333. The molecule has 0 aromatic heterocycles. The van der Waals surface area contributed by atoms with Gasteiger partial charge in [0, 0.05) is 7.11 Å². The first kappa shape index (κ1) is 13.5. The van der Waals surface area contributed by atoms with Crippen LogP contribution in [-0.2, 0) is 9.53 Å². The van der Waals surface area contributed by atoms with Crippen LogP contribution in [0.2, 0.25) is 5.02 Å². The molecule has 0 aliphatic rings. The van der Waals surface area contributed by atoms with E-state index in [1.807, 2.05) is 6.07 Å². The van der Waals surface area contributed by atoms with Crippen LogP contribution in [0.15, 0.2) is 18.2 Å². The number of nitriles is 1. The molecule has 1 amide bonds. The molecule has 1 aromatic carbocycles. The zero-order valence-corrected chi connectivity index (χ0v) is 10.6. The monoisotopic (exact) mass is 252 g/mol. The van der Waals surface area contributed by atoms with Crippen molar-refractivity contribution in [1.82, 2.24) is 0 Å². The number of ether oxygens (including phenoxy) is 1. The molecule has 0 fully saturated rings. The molecule has 0 aliphatic carbocycles. The highest BCUT2D eigenvalue weighted by Gasteiger charge is 2.27. The number of hydrogen-bond donors (Lipinski definition) is 1. The van der Waals surface area contributed by atoms with E-state index in [4.69, 9.17) is 21.6 Å². The summed E-state index contributed by atoms with van der Waals surface area (Å²) in [5.74, 6) is -0.299. The van der Waals surface area contributed by atoms with Gasteiger partial charge in [0.1, 0.15) is 5.60 Å². The Morgan fingerprint density at radius 1 is 1.53 bits per heavy atom. The fourth-order valence-corrected chi connectivity index (χ4v) is 1.28. The molecule has 1 N–H and O–H groups in total. The summed E-state index contributed by atoms with van der Waals surface area (Å²) in [7, 11) is 1.46. The van der Waals surface area contributed by atoms with Crippen molar-refractivity contribution < 1.29 is 9.53 Å². The Balaban J connectivity index is 2.91. The Morgan fingerprint density at radius 2 is 2.18 bits per heavy atom. The SMILES string of the molecule is COC(C)(C)C(=O)Nc1ccc(C#N)cc1Cl. The molecule has 0 spiro atoms. The molecule has 1 rings (SSSR count). The van der Waals surface area contributed by atoms with Crippen LogP contribution in [0.25, 0.3) is 0 Å². The Bertz CT molecular complexity index is 478. The van der Waals surface area contributed by atoms with Gasteiger partial charge in [-0.1, -0.05) is 11.6 Å². The maximum atomic E-state index is 11.8. The molecule has 0 atom stereocenters. The lowest BCUT2D eigenvalue weighted by molar-refractivity contribution is -0.133. The van der Waals surface area contributed by atoms with Crippen molar-refractivity contribution in [2.45, 2.75) is 19.4 Å². The van der Waals surface area contributed by atoms with Crippen molar-refractivity contribution in [1.29, 1.82) is 5.26 Å². The maximum absolute atomic E-state index is 11.8. The molecule has 1 aromatic rings. The van der Waals surface area contributed by atoms with Crippen molar-refractivity contribution in [3.63, 3.8) is 0 Å². The second-order valence-electron chi connectivity index (χ2n) is 3.97. The van der Waals surface area contributed by atoms with E-state index >= 15 is 0 Å². The van der Waals surface area contributed by atoms with Crippen molar-refractivity contribution in [3.05, 3.63) is 28.8 Å². The number of halogens is 1. The number of rotatable bonds is 3. The number of nitrogens with zero attached hydrogens (tertiary/aromatic N) is 1. The summed E-state index contributed by atoms with van der Waals surface area (Å²) in [6, 6.07) is 6.64. The van der Waals surface area contributed by atoms with E-state index in [9.17, 15) is 4.79 Å². The lowest BCUT2D eigenvalue weighted by Gasteiger charge is -2.22.